The molecule has 1 N–H and O–H groups in total. The number of aromatic nitrogens is 1. The van der Waals surface area contributed by atoms with E-state index >= 15 is 0 Å². The maximum absolute atomic E-state index is 4.84. The third kappa shape index (κ3) is 4.34. The summed E-state index contributed by atoms with van der Waals surface area (Å²) < 4.78 is 0. The van der Waals surface area contributed by atoms with Gasteiger partial charge in [0.15, 0.2) is 5.96 Å². The molecular weight excluding hydrogens is 407 g/mol. The summed E-state index contributed by atoms with van der Waals surface area (Å²) in [6, 6.07) is 0.627. The quantitative estimate of drug-likeness (QED) is 0.448. The van der Waals surface area contributed by atoms with Crippen molar-refractivity contribution in [3.63, 3.8) is 0 Å². The van der Waals surface area contributed by atoms with Crippen LogP contribution in [0.15, 0.2) is 4.99 Å². The zero-order valence-electron chi connectivity index (χ0n) is 13.6. The fourth-order valence-electron chi connectivity index (χ4n) is 2.91. The molecule has 0 spiro atoms. The highest BCUT2D eigenvalue weighted by molar-refractivity contribution is 14.0. The third-order valence-corrected chi connectivity index (χ3v) is 5.51. The van der Waals surface area contributed by atoms with Crippen LogP contribution in [0.25, 0.3) is 0 Å². The Morgan fingerprint density at radius 2 is 2.09 bits per heavy atom. The van der Waals surface area contributed by atoms with Crippen LogP contribution in [-0.4, -0.2) is 35.5 Å². The summed E-state index contributed by atoms with van der Waals surface area (Å²) in [6.07, 6.45) is 8.94. The van der Waals surface area contributed by atoms with Crippen LogP contribution < -0.4 is 5.32 Å². The van der Waals surface area contributed by atoms with Gasteiger partial charge in [0, 0.05) is 24.5 Å². The zero-order chi connectivity index (χ0) is 14.7. The molecule has 0 amide bonds. The van der Waals surface area contributed by atoms with Crippen LogP contribution in [0.1, 0.15) is 54.6 Å². The minimum atomic E-state index is 0. The number of fused-ring (bicyclic) bond motifs is 1. The summed E-state index contributed by atoms with van der Waals surface area (Å²) >= 11 is 1.90. The number of halogens is 1. The first-order valence-corrected chi connectivity index (χ1v) is 9.07. The standard InChI is InChI=1S/C16H26N4S.HI/c1-3-17-16(18-12-7-6-8-12)20(2)11-15-19-13-9-4-5-10-14(13)21-15;/h12H,3-11H2,1-2H3,(H,17,18);1H. The predicted molar refractivity (Wildman–Crippen MR) is 104 cm³/mol. The highest BCUT2D eigenvalue weighted by atomic mass is 127. The molecule has 0 unspecified atom stereocenters. The van der Waals surface area contributed by atoms with Crippen molar-refractivity contribution >= 4 is 41.3 Å². The van der Waals surface area contributed by atoms with Gasteiger partial charge in [-0.1, -0.05) is 0 Å². The highest BCUT2D eigenvalue weighted by Crippen LogP contribution is 2.27. The van der Waals surface area contributed by atoms with Crippen molar-refractivity contribution in [2.24, 2.45) is 4.99 Å². The van der Waals surface area contributed by atoms with Crippen molar-refractivity contribution in [1.82, 2.24) is 15.2 Å². The molecule has 0 aromatic carbocycles. The number of hydrogen-bond acceptors (Lipinski definition) is 3. The molecule has 0 bridgehead atoms. The molecule has 2 aliphatic carbocycles. The number of rotatable bonds is 4. The van der Waals surface area contributed by atoms with Crippen LogP contribution in [0.5, 0.6) is 0 Å². The molecule has 1 saturated carbocycles. The predicted octanol–water partition coefficient (Wildman–Crippen LogP) is 3.59. The number of guanidine groups is 1. The van der Waals surface area contributed by atoms with Crippen LogP contribution in [0.4, 0.5) is 0 Å². The Hall–Kier alpha value is -0.370. The Morgan fingerprint density at radius 3 is 2.73 bits per heavy atom. The summed E-state index contributed by atoms with van der Waals surface area (Å²) in [5.41, 5.74) is 1.36. The molecule has 6 heteroatoms. The Labute approximate surface area is 154 Å². The maximum Gasteiger partial charge on any atom is 0.194 e. The highest BCUT2D eigenvalue weighted by Gasteiger charge is 2.21. The summed E-state index contributed by atoms with van der Waals surface area (Å²) in [4.78, 5) is 13.2. The maximum atomic E-state index is 4.84. The van der Waals surface area contributed by atoms with E-state index in [2.05, 4.69) is 29.2 Å². The van der Waals surface area contributed by atoms with Crippen LogP contribution in [0, 0.1) is 0 Å². The Bertz CT molecular complexity index is 487. The fraction of sp³-hybridized carbons (Fsp3) is 0.750. The SMILES string of the molecule is CCN=C(NC1CCC1)N(C)Cc1nc2c(s1)CCCC2.I. The Morgan fingerprint density at radius 1 is 1.32 bits per heavy atom. The molecule has 1 fully saturated rings. The Balaban J connectivity index is 0.00000176. The van der Waals surface area contributed by atoms with Crippen molar-refractivity contribution in [1.29, 1.82) is 0 Å². The van der Waals surface area contributed by atoms with Gasteiger partial charge in [-0.15, -0.1) is 35.3 Å². The van der Waals surface area contributed by atoms with E-state index in [1.165, 1.54) is 60.5 Å². The second-order valence-electron chi connectivity index (χ2n) is 6.11. The van der Waals surface area contributed by atoms with Gasteiger partial charge in [0.25, 0.3) is 0 Å². The molecule has 124 valence electrons. The van der Waals surface area contributed by atoms with E-state index in [0.717, 1.165) is 19.0 Å². The molecule has 3 rings (SSSR count). The van der Waals surface area contributed by atoms with E-state index in [1.54, 1.807) is 0 Å². The molecule has 1 heterocycles. The van der Waals surface area contributed by atoms with Crippen LogP contribution in [0.3, 0.4) is 0 Å². The zero-order valence-corrected chi connectivity index (χ0v) is 16.7. The first-order chi connectivity index (χ1) is 10.3. The van der Waals surface area contributed by atoms with E-state index in [4.69, 9.17) is 4.98 Å². The van der Waals surface area contributed by atoms with Gasteiger partial charge >= 0.3 is 0 Å². The topological polar surface area (TPSA) is 40.5 Å². The lowest BCUT2D eigenvalue weighted by atomic mass is 9.93. The minimum Gasteiger partial charge on any atom is -0.354 e. The number of hydrogen-bond donors (Lipinski definition) is 1. The molecule has 4 nitrogen and oxygen atoms in total. The summed E-state index contributed by atoms with van der Waals surface area (Å²) in [5, 5.41) is 4.83. The lowest BCUT2D eigenvalue weighted by molar-refractivity contribution is 0.359. The molecule has 1 aromatic rings. The second-order valence-corrected chi connectivity index (χ2v) is 7.28. The van der Waals surface area contributed by atoms with Gasteiger partial charge in [-0.3, -0.25) is 4.99 Å². The van der Waals surface area contributed by atoms with E-state index in [9.17, 15) is 0 Å². The van der Waals surface area contributed by atoms with Gasteiger partial charge in [0.1, 0.15) is 5.01 Å². The third-order valence-electron chi connectivity index (χ3n) is 4.37. The molecule has 0 aliphatic heterocycles. The van der Waals surface area contributed by atoms with Gasteiger partial charge in [0.2, 0.25) is 0 Å². The number of aryl methyl sites for hydroxylation is 2. The van der Waals surface area contributed by atoms with E-state index in [-0.39, 0.29) is 24.0 Å². The molecule has 2 aliphatic rings. The van der Waals surface area contributed by atoms with Gasteiger partial charge in [0.05, 0.1) is 12.2 Å². The minimum absolute atomic E-state index is 0. The van der Waals surface area contributed by atoms with Crippen molar-refractivity contribution in [2.75, 3.05) is 13.6 Å². The van der Waals surface area contributed by atoms with E-state index in [0.29, 0.717) is 6.04 Å². The smallest absolute Gasteiger partial charge is 0.194 e. The van der Waals surface area contributed by atoms with Gasteiger partial charge < -0.3 is 10.2 Å². The molecular formula is C16H27IN4S. The first-order valence-electron chi connectivity index (χ1n) is 8.26. The first kappa shape index (κ1) is 18.0. The summed E-state index contributed by atoms with van der Waals surface area (Å²) in [5.74, 6) is 1.04. The second kappa shape index (κ2) is 8.47. The number of aliphatic imine (C=N–C) groups is 1. The number of nitrogens with zero attached hydrogens (tertiary/aromatic N) is 3. The van der Waals surface area contributed by atoms with Crippen LogP contribution in [0.2, 0.25) is 0 Å². The molecule has 1 aromatic heterocycles. The van der Waals surface area contributed by atoms with Crippen molar-refractivity contribution in [3.05, 3.63) is 15.6 Å². The molecule has 0 radical (unpaired) electrons. The molecule has 0 atom stereocenters. The largest absolute Gasteiger partial charge is 0.354 e. The lowest BCUT2D eigenvalue weighted by Gasteiger charge is -2.31. The van der Waals surface area contributed by atoms with Crippen LogP contribution >= 0.6 is 35.3 Å². The number of nitrogens with one attached hydrogen (secondary N) is 1. The lowest BCUT2D eigenvalue weighted by Crippen LogP contribution is -2.46. The van der Waals surface area contributed by atoms with Crippen LogP contribution in [-0.2, 0) is 19.4 Å². The monoisotopic (exact) mass is 434 g/mol. The van der Waals surface area contributed by atoms with Gasteiger partial charge in [-0.25, -0.2) is 4.98 Å². The van der Waals surface area contributed by atoms with Crippen molar-refractivity contribution in [3.8, 4) is 0 Å². The van der Waals surface area contributed by atoms with Gasteiger partial charge in [-0.05, 0) is 51.9 Å². The average molecular weight is 434 g/mol. The normalized spacial score (nSPS) is 18.2. The van der Waals surface area contributed by atoms with Gasteiger partial charge in [-0.2, -0.15) is 0 Å². The van der Waals surface area contributed by atoms with Crippen molar-refractivity contribution < 1.29 is 0 Å². The van der Waals surface area contributed by atoms with E-state index < -0.39 is 0 Å². The fourth-order valence-corrected chi connectivity index (χ4v) is 4.12. The summed E-state index contributed by atoms with van der Waals surface area (Å²) in [6.45, 7) is 3.79. The van der Waals surface area contributed by atoms with Crippen molar-refractivity contribution in [2.45, 2.75) is 64.5 Å². The van der Waals surface area contributed by atoms with E-state index in [1.807, 2.05) is 11.3 Å². The average Bonchev–Trinajstić information content (AvgIpc) is 2.83. The number of thiazole rings is 1. The summed E-state index contributed by atoms with van der Waals surface area (Å²) in [7, 11) is 2.13. The Kier molecular flexibility index (Phi) is 6.92. The molecule has 22 heavy (non-hydrogen) atoms. The molecule has 0 saturated heterocycles.